The van der Waals surface area contributed by atoms with Crippen molar-refractivity contribution < 1.29 is 14.4 Å². The van der Waals surface area contributed by atoms with Crippen molar-refractivity contribution in [1.29, 1.82) is 0 Å². The number of aromatic nitrogens is 1. The van der Waals surface area contributed by atoms with E-state index < -0.39 is 17.8 Å². The lowest BCUT2D eigenvalue weighted by atomic mass is 10.2. The number of carbonyl (C=O) groups excluding carboxylic acids is 3. The number of nitrogens with one attached hydrogen (secondary N) is 5. The second-order valence-corrected chi connectivity index (χ2v) is 5.51. The minimum atomic E-state index is -0.477. The summed E-state index contributed by atoms with van der Waals surface area (Å²) in [6.07, 6.45) is 1.61. The molecule has 3 aromatic rings. The molecule has 2 aromatic carbocycles. The number of hydrogen-bond donors (Lipinski definition) is 5. The van der Waals surface area contributed by atoms with E-state index in [0.717, 1.165) is 0 Å². The molecule has 8 nitrogen and oxygen atoms in total. The molecule has 0 unspecified atom stereocenters. The Hall–Kier alpha value is -4.07. The molecule has 1 aromatic heterocycles. The van der Waals surface area contributed by atoms with Gasteiger partial charge >= 0.3 is 6.03 Å². The molecule has 0 aliphatic rings. The summed E-state index contributed by atoms with van der Waals surface area (Å²) in [5.74, 6) is -0.931. The molecule has 4 amide bonds. The highest BCUT2D eigenvalue weighted by Crippen LogP contribution is 2.11. The van der Waals surface area contributed by atoms with Gasteiger partial charge < -0.3 is 15.6 Å². The van der Waals surface area contributed by atoms with Crippen LogP contribution in [0.25, 0.3) is 0 Å². The number of hydrazine groups is 1. The van der Waals surface area contributed by atoms with Crippen molar-refractivity contribution >= 4 is 29.2 Å². The van der Waals surface area contributed by atoms with E-state index in [2.05, 4.69) is 26.5 Å². The predicted octanol–water partition coefficient (Wildman–Crippen LogP) is 2.73. The zero-order chi connectivity index (χ0) is 19.1. The number of rotatable bonds is 4. The Labute approximate surface area is 155 Å². The van der Waals surface area contributed by atoms with Crippen LogP contribution in [0.3, 0.4) is 0 Å². The number of benzene rings is 2. The van der Waals surface area contributed by atoms with E-state index >= 15 is 0 Å². The standard InChI is InChI=1S/C19H17N5O3/c25-17(23-24-18(26)16-7-4-12-20-16)13-8-10-15(11-9-13)22-19(27)21-14-5-2-1-3-6-14/h1-12,20H,(H,23,25)(H,24,26)(H2,21,22,27). The largest absolute Gasteiger partial charge is 0.357 e. The van der Waals surface area contributed by atoms with Crippen LogP contribution in [0.15, 0.2) is 72.9 Å². The predicted molar refractivity (Wildman–Crippen MR) is 101 cm³/mol. The third-order valence-electron chi connectivity index (χ3n) is 3.57. The minimum Gasteiger partial charge on any atom is -0.357 e. The van der Waals surface area contributed by atoms with Crippen LogP contribution in [0.2, 0.25) is 0 Å². The Morgan fingerprint density at radius 2 is 1.30 bits per heavy atom. The van der Waals surface area contributed by atoms with Gasteiger partial charge in [0.1, 0.15) is 5.69 Å². The van der Waals surface area contributed by atoms with E-state index in [9.17, 15) is 14.4 Å². The molecule has 5 N–H and O–H groups in total. The van der Waals surface area contributed by atoms with Crippen molar-refractivity contribution in [3.05, 3.63) is 84.2 Å². The first-order chi connectivity index (χ1) is 13.1. The molecule has 1 heterocycles. The van der Waals surface area contributed by atoms with Gasteiger partial charge in [-0.25, -0.2) is 4.79 Å². The Morgan fingerprint density at radius 1 is 0.667 bits per heavy atom. The number of H-pyrrole nitrogens is 1. The number of carbonyl (C=O) groups is 3. The zero-order valence-electron chi connectivity index (χ0n) is 14.2. The second-order valence-electron chi connectivity index (χ2n) is 5.51. The lowest BCUT2D eigenvalue weighted by Gasteiger charge is -2.09. The lowest BCUT2D eigenvalue weighted by Crippen LogP contribution is -2.41. The summed E-state index contributed by atoms with van der Waals surface area (Å²) in [5.41, 5.74) is 6.49. The molecule has 0 aliphatic heterocycles. The fourth-order valence-electron chi connectivity index (χ4n) is 2.24. The highest BCUT2D eigenvalue weighted by atomic mass is 16.2. The highest BCUT2D eigenvalue weighted by Gasteiger charge is 2.10. The van der Waals surface area contributed by atoms with Crippen molar-refractivity contribution in [2.45, 2.75) is 0 Å². The average Bonchev–Trinajstić information content (AvgIpc) is 3.22. The van der Waals surface area contributed by atoms with Crippen molar-refractivity contribution in [2.24, 2.45) is 0 Å². The Kier molecular flexibility index (Phi) is 5.48. The van der Waals surface area contributed by atoms with Crippen molar-refractivity contribution in [3.63, 3.8) is 0 Å². The van der Waals surface area contributed by atoms with Gasteiger partial charge in [0, 0.05) is 23.1 Å². The molecule has 8 heteroatoms. The molecular formula is C19H17N5O3. The van der Waals surface area contributed by atoms with Crippen LogP contribution in [-0.2, 0) is 0 Å². The topological polar surface area (TPSA) is 115 Å². The normalized spacial score (nSPS) is 9.93. The smallest absolute Gasteiger partial charge is 0.323 e. The minimum absolute atomic E-state index is 0.329. The quantitative estimate of drug-likeness (QED) is 0.459. The lowest BCUT2D eigenvalue weighted by molar-refractivity contribution is 0.0844. The van der Waals surface area contributed by atoms with Crippen molar-refractivity contribution in [1.82, 2.24) is 15.8 Å². The number of aromatic amines is 1. The van der Waals surface area contributed by atoms with Gasteiger partial charge in [-0.15, -0.1) is 0 Å². The first-order valence-electron chi connectivity index (χ1n) is 8.09. The van der Waals surface area contributed by atoms with E-state index in [0.29, 0.717) is 22.6 Å². The van der Waals surface area contributed by atoms with Gasteiger partial charge in [0.05, 0.1) is 0 Å². The molecule has 0 radical (unpaired) electrons. The maximum Gasteiger partial charge on any atom is 0.323 e. The molecule has 3 rings (SSSR count). The summed E-state index contributed by atoms with van der Waals surface area (Å²) in [6.45, 7) is 0. The van der Waals surface area contributed by atoms with Gasteiger partial charge in [-0.1, -0.05) is 18.2 Å². The third kappa shape index (κ3) is 4.95. The third-order valence-corrected chi connectivity index (χ3v) is 3.57. The molecule has 0 bridgehead atoms. The van der Waals surface area contributed by atoms with Crippen LogP contribution in [-0.4, -0.2) is 22.8 Å². The van der Waals surface area contributed by atoms with E-state index in [1.165, 1.54) is 12.1 Å². The van der Waals surface area contributed by atoms with Gasteiger partial charge in [-0.2, -0.15) is 0 Å². The van der Waals surface area contributed by atoms with Crippen LogP contribution >= 0.6 is 0 Å². The molecule has 0 spiro atoms. The van der Waals surface area contributed by atoms with Gasteiger partial charge in [0.15, 0.2) is 0 Å². The molecular weight excluding hydrogens is 346 g/mol. The fourth-order valence-corrected chi connectivity index (χ4v) is 2.24. The van der Waals surface area contributed by atoms with Crippen LogP contribution < -0.4 is 21.5 Å². The number of para-hydroxylation sites is 1. The van der Waals surface area contributed by atoms with Gasteiger partial charge in [0.25, 0.3) is 11.8 Å². The van der Waals surface area contributed by atoms with Crippen LogP contribution in [0, 0.1) is 0 Å². The first kappa shape index (κ1) is 17.7. The van der Waals surface area contributed by atoms with E-state index in [-0.39, 0.29) is 0 Å². The van der Waals surface area contributed by atoms with Gasteiger partial charge in [-0.3, -0.25) is 20.4 Å². The molecule has 0 atom stereocenters. The maximum atomic E-state index is 12.1. The SMILES string of the molecule is O=C(Nc1ccccc1)Nc1ccc(C(=O)NNC(=O)c2ccc[nH]2)cc1. The second kappa shape index (κ2) is 8.34. The van der Waals surface area contributed by atoms with E-state index in [1.807, 2.05) is 18.2 Å². The van der Waals surface area contributed by atoms with Crippen LogP contribution in [0.5, 0.6) is 0 Å². The molecule has 27 heavy (non-hydrogen) atoms. The Morgan fingerprint density at radius 3 is 1.93 bits per heavy atom. The molecule has 0 aliphatic carbocycles. The maximum absolute atomic E-state index is 12.1. The summed E-state index contributed by atoms with van der Waals surface area (Å²) in [5, 5.41) is 5.36. The molecule has 0 saturated heterocycles. The summed E-state index contributed by atoms with van der Waals surface area (Å²) >= 11 is 0. The van der Waals surface area contributed by atoms with Crippen LogP contribution in [0.1, 0.15) is 20.8 Å². The summed E-state index contributed by atoms with van der Waals surface area (Å²) in [7, 11) is 0. The number of amides is 4. The van der Waals surface area contributed by atoms with E-state index in [4.69, 9.17) is 0 Å². The average molecular weight is 363 g/mol. The number of urea groups is 1. The fraction of sp³-hybridized carbons (Fsp3) is 0. The summed E-state index contributed by atoms with van der Waals surface area (Å²) in [6, 6.07) is 18.2. The summed E-state index contributed by atoms with van der Waals surface area (Å²) < 4.78 is 0. The van der Waals surface area contributed by atoms with E-state index in [1.54, 1.807) is 42.6 Å². The monoisotopic (exact) mass is 363 g/mol. The van der Waals surface area contributed by atoms with Crippen LogP contribution in [0.4, 0.5) is 16.2 Å². The molecule has 0 fully saturated rings. The highest BCUT2D eigenvalue weighted by molar-refractivity contribution is 6.01. The molecule has 136 valence electrons. The Bertz CT molecular complexity index is 922. The summed E-state index contributed by atoms with van der Waals surface area (Å²) in [4.78, 5) is 38.5. The zero-order valence-corrected chi connectivity index (χ0v) is 14.2. The number of hydrogen-bond acceptors (Lipinski definition) is 3. The molecule has 0 saturated carbocycles. The van der Waals surface area contributed by atoms with Crippen molar-refractivity contribution in [3.8, 4) is 0 Å². The van der Waals surface area contributed by atoms with Gasteiger partial charge in [-0.05, 0) is 48.5 Å². The van der Waals surface area contributed by atoms with Crippen molar-refractivity contribution in [2.75, 3.05) is 10.6 Å². The Balaban J connectivity index is 1.51. The van der Waals surface area contributed by atoms with Gasteiger partial charge in [0.2, 0.25) is 0 Å². The number of anilines is 2. The first-order valence-corrected chi connectivity index (χ1v) is 8.09.